The molecule has 9 nitrogen and oxygen atoms in total. The number of para-hydroxylation sites is 1. The van der Waals surface area contributed by atoms with Gasteiger partial charge in [-0.05, 0) is 48.5 Å². The Morgan fingerprint density at radius 1 is 0.973 bits per heavy atom. The number of imidazole rings is 1. The molecule has 0 unspecified atom stereocenters. The van der Waals surface area contributed by atoms with Crippen molar-refractivity contribution < 1.29 is 9.15 Å². The van der Waals surface area contributed by atoms with Gasteiger partial charge < -0.3 is 9.15 Å². The van der Waals surface area contributed by atoms with Crippen molar-refractivity contribution in [3.63, 3.8) is 0 Å². The maximum Gasteiger partial charge on any atom is 0.345 e. The minimum absolute atomic E-state index is 0.176. The van der Waals surface area contributed by atoms with Crippen LogP contribution in [0.15, 0.2) is 104 Å². The lowest BCUT2D eigenvalue weighted by molar-refractivity contribution is 0.414. The molecule has 182 valence electrons. The second-order valence-electron chi connectivity index (χ2n) is 8.15. The van der Waals surface area contributed by atoms with Gasteiger partial charge in [-0.3, -0.25) is 9.36 Å². The highest BCUT2D eigenvalue weighted by atomic mass is 32.2. The van der Waals surface area contributed by atoms with Crippen LogP contribution in [0.3, 0.4) is 0 Å². The molecule has 0 aliphatic rings. The molecule has 0 radical (unpaired) electrons. The Morgan fingerprint density at radius 2 is 1.76 bits per heavy atom. The Morgan fingerprint density at radius 3 is 2.59 bits per heavy atom. The van der Waals surface area contributed by atoms with Gasteiger partial charge in [0.25, 0.3) is 5.56 Å². The van der Waals surface area contributed by atoms with Crippen LogP contribution in [0.5, 0.6) is 5.75 Å². The number of benzene rings is 3. The third-order valence-electron chi connectivity index (χ3n) is 5.89. The smallest absolute Gasteiger partial charge is 0.345 e. The van der Waals surface area contributed by atoms with E-state index in [2.05, 4.69) is 10.3 Å². The average Bonchev–Trinajstić information content (AvgIpc) is 3.36. The summed E-state index contributed by atoms with van der Waals surface area (Å²) in [7, 11) is 1.60. The number of aromatic nitrogens is 5. The summed E-state index contributed by atoms with van der Waals surface area (Å²) in [6.45, 7) is 0. The molecule has 0 atom stereocenters. The molecule has 10 heteroatoms. The van der Waals surface area contributed by atoms with Gasteiger partial charge in [0.2, 0.25) is 0 Å². The summed E-state index contributed by atoms with van der Waals surface area (Å²) in [6, 6.07) is 23.6. The first kappa shape index (κ1) is 22.7. The molecule has 0 aliphatic heterocycles. The zero-order valence-electron chi connectivity index (χ0n) is 19.6. The van der Waals surface area contributed by atoms with E-state index >= 15 is 0 Å². The van der Waals surface area contributed by atoms with Crippen LogP contribution in [0.4, 0.5) is 0 Å². The van der Waals surface area contributed by atoms with Crippen LogP contribution in [0.2, 0.25) is 0 Å². The van der Waals surface area contributed by atoms with E-state index in [0.29, 0.717) is 38.6 Å². The van der Waals surface area contributed by atoms with E-state index in [4.69, 9.17) is 14.1 Å². The van der Waals surface area contributed by atoms with Crippen LogP contribution in [0, 0.1) is 0 Å². The first-order chi connectivity index (χ1) is 18.1. The molecule has 3 aromatic carbocycles. The summed E-state index contributed by atoms with van der Waals surface area (Å²) in [5, 5.41) is 10.1. The molecule has 0 amide bonds. The molecular formula is C27H19N5O4S. The van der Waals surface area contributed by atoms with Crippen molar-refractivity contribution >= 4 is 33.6 Å². The Balaban J connectivity index is 1.42. The molecule has 0 saturated carbocycles. The lowest BCUT2D eigenvalue weighted by Crippen LogP contribution is -2.23. The second kappa shape index (κ2) is 9.40. The predicted octanol–water partition coefficient (Wildman–Crippen LogP) is 4.51. The fraction of sp³-hybridized carbons (Fsp3) is 0.0741. The van der Waals surface area contributed by atoms with Crippen molar-refractivity contribution in [2.24, 2.45) is 0 Å². The molecule has 6 rings (SSSR count). The molecule has 6 aromatic rings. The number of fused-ring (bicyclic) bond motifs is 2. The van der Waals surface area contributed by atoms with Gasteiger partial charge in [0, 0.05) is 17.3 Å². The zero-order valence-corrected chi connectivity index (χ0v) is 20.4. The van der Waals surface area contributed by atoms with Crippen molar-refractivity contribution in [2.45, 2.75) is 11.0 Å². The molecular weight excluding hydrogens is 490 g/mol. The molecule has 0 spiro atoms. The number of methoxy groups -OCH3 is 1. The van der Waals surface area contributed by atoms with Gasteiger partial charge in [0.15, 0.2) is 5.16 Å². The fourth-order valence-electron chi connectivity index (χ4n) is 3.99. The molecule has 0 aliphatic carbocycles. The number of ether oxygens (including phenoxy) is 1. The Labute approximate surface area is 214 Å². The van der Waals surface area contributed by atoms with Crippen LogP contribution in [-0.2, 0) is 5.88 Å². The highest BCUT2D eigenvalue weighted by Gasteiger charge is 2.17. The van der Waals surface area contributed by atoms with Gasteiger partial charge in [-0.15, -0.1) is 5.10 Å². The maximum absolute atomic E-state index is 12.9. The van der Waals surface area contributed by atoms with Gasteiger partial charge in [-0.2, -0.15) is 4.68 Å². The standard InChI is InChI=1S/C27H19N5O4S/c1-35-19-12-10-18(11-13-19)31-15-23(21-14-17-6-2-5-9-24(17)36-26(21)34)28-27(31)37-16-32-25(33)20-7-3-4-8-22(20)29-30-32/h2-15H,16H2,1H3. The first-order valence-electron chi connectivity index (χ1n) is 11.3. The summed E-state index contributed by atoms with van der Waals surface area (Å²) in [4.78, 5) is 30.5. The molecule has 0 fully saturated rings. The molecule has 0 saturated heterocycles. The zero-order chi connectivity index (χ0) is 25.4. The largest absolute Gasteiger partial charge is 0.497 e. The SMILES string of the molecule is COc1ccc(-n2cc(-c3cc4ccccc4oc3=O)nc2SCn2nnc3ccccc3c2=O)cc1. The summed E-state index contributed by atoms with van der Waals surface area (Å²) in [6.07, 6.45) is 1.78. The number of hydrogen-bond donors (Lipinski definition) is 0. The molecule has 0 N–H and O–H groups in total. The van der Waals surface area contributed by atoms with E-state index in [1.54, 1.807) is 43.6 Å². The van der Waals surface area contributed by atoms with Gasteiger partial charge >= 0.3 is 5.63 Å². The summed E-state index contributed by atoms with van der Waals surface area (Å²) >= 11 is 1.30. The van der Waals surface area contributed by atoms with Crippen LogP contribution >= 0.6 is 11.8 Å². The van der Waals surface area contributed by atoms with E-state index in [1.165, 1.54) is 16.4 Å². The van der Waals surface area contributed by atoms with Crippen molar-refractivity contribution in [3.05, 3.63) is 106 Å². The lowest BCUT2D eigenvalue weighted by Gasteiger charge is -2.09. The second-order valence-corrected chi connectivity index (χ2v) is 9.06. The summed E-state index contributed by atoms with van der Waals surface area (Å²) < 4.78 is 14.0. The third-order valence-corrected chi connectivity index (χ3v) is 6.81. The van der Waals surface area contributed by atoms with Crippen molar-refractivity contribution in [1.29, 1.82) is 0 Å². The van der Waals surface area contributed by atoms with E-state index < -0.39 is 5.63 Å². The maximum atomic E-state index is 12.9. The Hall–Kier alpha value is -4.70. The van der Waals surface area contributed by atoms with E-state index in [0.717, 1.165) is 11.1 Å². The topological polar surface area (TPSA) is 105 Å². The van der Waals surface area contributed by atoms with Gasteiger partial charge in [0.05, 0.1) is 29.6 Å². The fourth-order valence-corrected chi connectivity index (χ4v) is 4.86. The van der Waals surface area contributed by atoms with E-state index in [-0.39, 0.29) is 11.4 Å². The quantitative estimate of drug-likeness (QED) is 0.239. The summed E-state index contributed by atoms with van der Waals surface area (Å²) in [5.74, 6) is 0.891. The molecule has 37 heavy (non-hydrogen) atoms. The monoisotopic (exact) mass is 509 g/mol. The third kappa shape index (κ3) is 4.27. The van der Waals surface area contributed by atoms with Crippen molar-refractivity contribution in [2.75, 3.05) is 7.11 Å². The van der Waals surface area contributed by atoms with Gasteiger partial charge in [-0.25, -0.2) is 9.78 Å². The first-order valence-corrected chi connectivity index (χ1v) is 12.3. The highest BCUT2D eigenvalue weighted by Crippen LogP contribution is 2.29. The van der Waals surface area contributed by atoms with Crippen molar-refractivity contribution in [3.8, 4) is 22.7 Å². The lowest BCUT2D eigenvalue weighted by atomic mass is 10.1. The average molecular weight is 510 g/mol. The highest BCUT2D eigenvalue weighted by molar-refractivity contribution is 7.98. The number of nitrogens with zero attached hydrogens (tertiary/aromatic N) is 5. The van der Waals surface area contributed by atoms with Crippen LogP contribution in [0.1, 0.15) is 0 Å². The van der Waals surface area contributed by atoms with E-state index in [1.807, 2.05) is 53.1 Å². The normalized spacial score (nSPS) is 11.3. The number of rotatable bonds is 6. The predicted molar refractivity (Wildman–Crippen MR) is 141 cm³/mol. The number of hydrogen-bond acceptors (Lipinski definition) is 8. The van der Waals surface area contributed by atoms with E-state index in [9.17, 15) is 9.59 Å². The Kier molecular flexibility index (Phi) is 5.78. The Bertz CT molecular complexity index is 1880. The van der Waals surface area contributed by atoms with Gasteiger partial charge in [0.1, 0.15) is 16.8 Å². The summed E-state index contributed by atoms with van der Waals surface area (Å²) in [5.41, 5.74) is 1.94. The molecule has 3 heterocycles. The van der Waals surface area contributed by atoms with Gasteiger partial charge in [-0.1, -0.05) is 47.3 Å². The number of thioether (sulfide) groups is 1. The van der Waals surface area contributed by atoms with Crippen LogP contribution in [-0.4, -0.2) is 31.7 Å². The minimum atomic E-state index is -0.480. The van der Waals surface area contributed by atoms with Crippen molar-refractivity contribution in [1.82, 2.24) is 24.5 Å². The molecule has 0 bridgehead atoms. The minimum Gasteiger partial charge on any atom is -0.497 e. The van der Waals surface area contributed by atoms with Crippen LogP contribution in [0.25, 0.3) is 38.8 Å². The van der Waals surface area contributed by atoms with Crippen LogP contribution < -0.4 is 15.9 Å². The molecule has 3 aromatic heterocycles.